The van der Waals surface area contributed by atoms with E-state index in [1.165, 1.54) is 0 Å². The van der Waals surface area contributed by atoms with Crippen molar-refractivity contribution >= 4 is 33.2 Å². The van der Waals surface area contributed by atoms with Crippen molar-refractivity contribution in [2.75, 3.05) is 0 Å². The maximum atomic E-state index is 12.2. The van der Waals surface area contributed by atoms with Gasteiger partial charge in [0.25, 0.3) is 5.91 Å². The lowest BCUT2D eigenvalue weighted by Gasteiger charge is -2.15. The van der Waals surface area contributed by atoms with Crippen LogP contribution in [0.3, 0.4) is 0 Å². The van der Waals surface area contributed by atoms with Crippen LogP contribution in [0.1, 0.15) is 34.8 Å². The highest BCUT2D eigenvalue weighted by atomic mass is 79.9. The van der Waals surface area contributed by atoms with Gasteiger partial charge in [0.2, 0.25) is 0 Å². The summed E-state index contributed by atoms with van der Waals surface area (Å²) in [5.74, 6) is -0.0791. The molecule has 1 heterocycles. The van der Waals surface area contributed by atoms with Crippen LogP contribution in [0.4, 0.5) is 0 Å². The Morgan fingerprint density at radius 1 is 1.50 bits per heavy atom. The summed E-state index contributed by atoms with van der Waals surface area (Å²) in [5.41, 5.74) is 0.646. The van der Waals surface area contributed by atoms with Crippen molar-refractivity contribution in [3.8, 4) is 0 Å². The second kappa shape index (κ2) is 6.11. The molecule has 0 aliphatic rings. The van der Waals surface area contributed by atoms with Crippen LogP contribution >= 0.6 is 27.3 Å². The highest BCUT2D eigenvalue weighted by Crippen LogP contribution is 2.21. The monoisotopic (exact) mass is 324 g/mol. The van der Waals surface area contributed by atoms with Gasteiger partial charge in [0.1, 0.15) is 5.01 Å². The number of hydrogen-bond acceptors (Lipinski definition) is 3. The molecule has 0 aliphatic carbocycles. The first-order valence-electron chi connectivity index (χ1n) is 5.67. The fraction of sp³-hybridized carbons (Fsp3) is 0.231. The number of aromatic nitrogens is 1. The Kier molecular flexibility index (Phi) is 4.49. The number of nitrogens with one attached hydrogen (secondary N) is 1. The number of halogens is 1. The Morgan fingerprint density at radius 3 is 2.89 bits per heavy atom. The molecule has 1 N–H and O–H groups in total. The van der Waals surface area contributed by atoms with Gasteiger partial charge >= 0.3 is 0 Å². The summed E-state index contributed by atoms with van der Waals surface area (Å²) in [4.78, 5) is 16.4. The van der Waals surface area contributed by atoms with E-state index in [2.05, 4.69) is 26.2 Å². The first-order valence-corrected chi connectivity index (χ1v) is 7.34. The molecule has 1 aromatic carbocycles. The van der Waals surface area contributed by atoms with Crippen molar-refractivity contribution in [1.29, 1.82) is 0 Å². The molecule has 94 valence electrons. The number of thiazole rings is 1. The summed E-state index contributed by atoms with van der Waals surface area (Å²) in [6, 6.07) is 7.38. The number of carbonyl (C=O) groups is 1. The summed E-state index contributed by atoms with van der Waals surface area (Å²) in [6.45, 7) is 2.03. The van der Waals surface area contributed by atoms with Crippen molar-refractivity contribution in [2.24, 2.45) is 0 Å². The predicted molar refractivity (Wildman–Crippen MR) is 76.8 cm³/mol. The van der Waals surface area contributed by atoms with E-state index in [9.17, 15) is 4.79 Å². The third-order valence-corrected chi connectivity index (χ3v) is 4.16. The molecule has 1 unspecified atom stereocenters. The van der Waals surface area contributed by atoms with Crippen molar-refractivity contribution < 1.29 is 4.79 Å². The van der Waals surface area contributed by atoms with Crippen molar-refractivity contribution in [1.82, 2.24) is 10.3 Å². The Labute approximate surface area is 118 Å². The molecule has 0 fully saturated rings. The largest absolute Gasteiger partial charge is 0.343 e. The Bertz CT molecular complexity index is 528. The third kappa shape index (κ3) is 2.97. The lowest BCUT2D eigenvalue weighted by molar-refractivity contribution is 0.0934. The van der Waals surface area contributed by atoms with Crippen LogP contribution in [0.2, 0.25) is 0 Å². The van der Waals surface area contributed by atoms with Gasteiger partial charge < -0.3 is 5.32 Å². The highest BCUT2D eigenvalue weighted by Gasteiger charge is 2.17. The Hall–Kier alpha value is -1.20. The molecule has 0 radical (unpaired) electrons. The molecular weight excluding hydrogens is 312 g/mol. The SMILES string of the molecule is CCC(NC(=O)c1ccccc1Br)c1nccs1. The van der Waals surface area contributed by atoms with Gasteiger partial charge in [-0.15, -0.1) is 11.3 Å². The molecular formula is C13H13BrN2OS. The fourth-order valence-electron chi connectivity index (χ4n) is 1.63. The minimum Gasteiger partial charge on any atom is -0.343 e. The van der Waals surface area contributed by atoms with Gasteiger partial charge in [-0.3, -0.25) is 4.79 Å². The van der Waals surface area contributed by atoms with E-state index in [-0.39, 0.29) is 11.9 Å². The van der Waals surface area contributed by atoms with E-state index >= 15 is 0 Å². The number of carbonyl (C=O) groups excluding carboxylic acids is 1. The van der Waals surface area contributed by atoms with E-state index in [1.54, 1.807) is 23.6 Å². The van der Waals surface area contributed by atoms with Crippen molar-refractivity contribution in [3.63, 3.8) is 0 Å². The third-order valence-electron chi connectivity index (χ3n) is 2.58. The lowest BCUT2D eigenvalue weighted by atomic mass is 10.2. The molecule has 2 rings (SSSR count). The van der Waals surface area contributed by atoms with Crippen LogP contribution in [0.15, 0.2) is 40.3 Å². The van der Waals surface area contributed by atoms with Gasteiger partial charge in [-0.25, -0.2) is 4.98 Å². The van der Waals surface area contributed by atoms with Gasteiger partial charge in [0, 0.05) is 16.0 Å². The first-order chi connectivity index (χ1) is 8.72. The molecule has 1 atom stereocenters. The number of rotatable bonds is 4. The van der Waals surface area contributed by atoms with Gasteiger partial charge in [-0.2, -0.15) is 0 Å². The molecule has 5 heteroatoms. The topological polar surface area (TPSA) is 42.0 Å². The average Bonchev–Trinajstić information content (AvgIpc) is 2.90. The molecule has 18 heavy (non-hydrogen) atoms. The number of benzene rings is 1. The van der Waals surface area contributed by atoms with Crippen LogP contribution in [-0.4, -0.2) is 10.9 Å². The normalized spacial score (nSPS) is 12.1. The zero-order valence-electron chi connectivity index (χ0n) is 9.89. The molecule has 3 nitrogen and oxygen atoms in total. The summed E-state index contributed by atoms with van der Waals surface area (Å²) >= 11 is 4.94. The summed E-state index contributed by atoms with van der Waals surface area (Å²) in [5, 5.41) is 5.87. The number of hydrogen-bond donors (Lipinski definition) is 1. The van der Waals surface area contributed by atoms with Crippen molar-refractivity contribution in [2.45, 2.75) is 19.4 Å². The summed E-state index contributed by atoms with van der Waals surface area (Å²) in [6.07, 6.45) is 2.58. The van der Waals surface area contributed by atoms with Gasteiger partial charge in [-0.1, -0.05) is 19.1 Å². The van der Waals surface area contributed by atoms with E-state index < -0.39 is 0 Å². The molecule has 2 aromatic rings. The maximum absolute atomic E-state index is 12.2. The molecule has 1 amide bonds. The second-order valence-corrected chi connectivity index (χ2v) is 5.56. The van der Waals surface area contributed by atoms with Crippen LogP contribution in [0.5, 0.6) is 0 Å². The summed E-state index contributed by atoms with van der Waals surface area (Å²) < 4.78 is 0.802. The highest BCUT2D eigenvalue weighted by molar-refractivity contribution is 9.10. The standard InChI is InChI=1S/C13H13BrN2OS/c1-2-11(13-15-7-8-18-13)16-12(17)9-5-3-4-6-10(9)14/h3-8,11H,2H2,1H3,(H,16,17). The smallest absolute Gasteiger partial charge is 0.252 e. The Balaban J connectivity index is 2.14. The van der Waals surface area contributed by atoms with Gasteiger partial charge in [0.15, 0.2) is 0 Å². The fourth-order valence-corrected chi connectivity index (χ4v) is 2.86. The van der Waals surface area contributed by atoms with E-state index in [1.807, 2.05) is 30.5 Å². The number of amides is 1. The van der Waals surface area contributed by atoms with E-state index in [0.717, 1.165) is 15.9 Å². The zero-order valence-corrected chi connectivity index (χ0v) is 12.3. The van der Waals surface area contributed by atoms with Crippen LogP contribution in [-0.2, 0) is 0 Å². The molecule has 0 aliphatic heterocycles. The Morgan fingerprint density at radius 2 is 2.28 bits per heavy atom. The lowest BCUT2D eigenvalue weighted by Crippen LogP contribution is -2.28. The van der Waals surface area contributed by atoms with E-state index in [0.29, 0.717) is 5.56 Å². The van der Waals surface area contributed by atoms with Gasteiger partial charge in [-0.05, 0) is 34.5 Å². The molecule has 0 saturated carbocycles. The number of nitrogens with zero attached hydrogens (tertiary/aromatic N) is 1. The second-order valence-electron chi connectivity index (χ2n) is 3.78. The maximum Gasteiger partial charge on any atom is 0.252 e. The zero-order chi connectivity index (χ0) is 13.0. The first kappa shape index (κ1) is 13.2. The summed E-state index contributed by atoms with van der Waals surface area (Å²) in [7, 11) is 0. The van der Waals surface area contributed by atoms with Crippen LogP contribution in [0.25, 0.3) is 0 Å². The quantitative estimate of drug-likeness (QED) is 0.929. The molecule has 1 aromatic heterocycles. The molecule has 0 spiro atoms. The molecule has 0 bridgehead atoms. The predicted octanol–water partition coefficient (Wildman–Crippen LogP) is 3.79. The van der Waals surface area contributed by atoms with Crippen LogP contribution in [0, 0.1) is 0 Å². The van der Waals surface area contributed by atoms with Crippen molar-refractivity contribution in [3.05, 3.63) is 50.9 Å². The molecule has 0 saturated heterocycles. The van der Waals surface area contributed by atoms with Crippen LogP contribution < -0.4 is 5.32 Å². The van der Waals surface area contributed by atoms with Gasteiger partial charge in [0.05, 0.1) is 11.6 Å². The minimum absolute atomic E-state index is 0.0235. The van der Waals surface area contributed by atoms with E-state index in [4.69, 9.17) is 0 Å². The minimum atomic E-state index is -0.0791. The average molecular weight is 325 g/mol.